The molecule has 1 aromatic heterocycles. The Kier molecular flexibility index (Phi) is 1.77. The number of halogens is 2. The van der Waals surface area contributed by atoms with Crippen LogP contribution in [0.3, 0.4) is 0 Å². The minimum atomic E-state index is 0.700. The average Bonchev–Trinajstić information content (AvgIpc) is 1.98. The van der Waals surface area contributed by atoms with Gasteiger partial charge in [-0.3, -0.25) is 4.68 Å². The number of aryl methyl sites for hydroxylation is 1. The van der Waals surface area contributed by atoms with E-state index in [-0.39, 0.29) is 0 Å². The van der Waals surface area contributed by atoms with Crippen molar-refractivity contribution < 1.29 is 0 Å². The molecule has 0 unspecified atom stereocenters. The van der Waals surface area contributed by atoms with Gasteiger partial charge in [0, 0.05) is 7.05 Å². The van der Waals surface area contributed by atoms with Crippen LogP contribution in [-0.4, -0.2) is 9.78 Å². The maximum atomic E-state index is 5.69. The Morgan fingerprint density at radius 2 is 2.50 bits per heavy atom. The Balaban J connectivity index is 3.19. The smallest absolute Gasteiger partial charge is 0.140 e. The molecule has 0 amide bonds. The lowest BCUT2D eigenvalue weighted by Crippen LogP contribution is -1.87. The SMILES string of the molecule is Cn1ncc(I)c1Cl. The second kappa shape index (κ2) is 2.23. The number of aromatic nitrogens is 2. The lowest BCUT2D eigenvalue weighted by atomic mass is 10.7. The minimum Gasteiger partial charge on any atom is -0.256 e. The molecule has 2 nitrogen and oxygen atoms in total. The summed E-state index contributed by atoms with van der Waals surface area (Å²) in [4.78, 5) is 0. The van der Waals surface area contributed by atoms with Crippen molar-refractivity contribution in [2.45, 2.75) is 0 Å². The van der Waals surface area contributed by atoms with Crippen molar-refractivity contribution in [3.8, 4) is 0 Å². The first kappa shape index (κ1) is 6.35. The molecule has 0 spiro atoms. The van der Waals surface area contributed by atoms with E-state index in [1.165, 1.54) is 0 Å². The predicted octanol–water partition coefficient (Wildman–Crippen LogP) is 1.68. The van der Waals surface area contributed by atoms with Crippen molar-refractivity contribution in [1.29, 1.82) is 0 Å². The third-order valence-corrected chi connectivity index (χ3v) is 2.38. The molecule has 0 radical (unpaired) electrons. The molecule has 0 aliphatic heterocycles. The first-order valence-electron chi connectivity index (χ1n) is 2.05. The first-order valence-corrected chi connectivity index (χ1v) is 3.50. The molecule has 8 heavy (non-hydrogen) atoms. The molecule has 1 heterocycles. The lowest BCUT2D eigenvalue weighted by molar-refractivity contribution is 0.768. The van der Waals surface area contributed by atoms with Crippen LogP contribution in [0.25, 0.3) is 0 Å². The molecule has 1 aromatic rings. The van der Waals surface area contributed by atoms with E-state index in [2.05, 4.69) is 27.7 Å². The van der Waals surface area contributed by atoms with Gasteiger partial charge in [0.05, 0.1) is 9.77 Å². The van der Waals surface area contributed by atoms with E-state index in [1.54, 1.807) is 10.9 Å². The average molecular weight is 242 g/mol. The fraction of sp³-hybridized carbons (Fsp3) is 0.250. The highest BCUT2D eigenvalue weighted by molar-refractivity contribution is 14.1. The normalized spacial score (nSPS) is 9.88. The zero-order chi connectivity index (χ0) is 6.15. The van der Waals surface area contributed by atoms with Gasteiger partial charge in [-0.15, -0.1) is 0 Å². The van der Waals surface area contributed by atoms with Crippen molar-refractivity contribution >= 4 is 34.2 Å². The molecule has 0 atom stereocenters. The van der Waals surface area contributed by atoms with E-state index in [9.17, 15) is 0 Å². The van der Waals surface area contributed by atoms with E-state index in [0.29, 0.717) is 5.15 Å². The van der Waals surface area contributed by atoms with E-state index < -0.39 is 0 Å². The fourth-order valence-electron chi connectivity index (χ4n) is 0.396. The largest absolute Gasteiger partial charge is 0.256 e. The molecule has 0 N–H and O–H groups in total. The standard InChI is InChI=1S/C4H4ClIN2/c1-8-4(5)3(6)2-7-8/h2H,1H3. The highest BCUT2D eigenvalue weighted by atomic mass is 127. The zero-order valence-electron chi connectivity index (χ0n) is 4.23. The third kappa shape index (κ3) is 0.974. The Morgan fingerprint density at radius 1 is 1.88 bits per heavy atom. The summed E-state index contributed by atoms with van der Waals surface area (Å²) in [6.45, 7) is 0. The Labute approximate surface area is 66.0 Å². The molecular weight excluding hydrogens is 238 g/mol. The molecule has 1 rings (SSSR count). The molecule has 0 aromatic carbocycles. The van der Waals surface area contributed by atoms with Crippen LogP contribution in [-0.2, 0) is 7.05 Å². The van der Waals surface area contributed by atoms with E-state index in [4.69, 9.17) is 11.6 Å². The van der Waals surface area contributed by atoms with Gasteiger partial charge in [0.2, 0.25) is 0 Å². The van der Waals surface area contributed by atoms with Crippen LogP contribution in [0.2, 0.25) is 5.15 Å². The summed E-state index contributed by atoms with van der Waals surface area (Å²) >= 11 is 7.82. The Hall–Kier alpha value is 0.230. The number of hydrogen-bond acceptors (Lipinski definition) is 1. The van der Waals surface area contributed by atoms with Crippen LogP contribution >= 0.6 is 34.2 Å². The summed E-state index contributed by atoms with van der Waals surface area (Å²) in [5.41, 5.74) is 0. The van der Waals surface area contributed by atoms with Crippen LogP contribution in [0.15, 0.2) is 6.20 Å². The molecule has 4 heteroatoms. The van der Waals surface area contributed by atoms with Gasteiger partial charge in [-0.2, -0.15) is 5.10 Å². The minimum absolute atomic E-state index is 0.700. The van der Waals surface area contributed by atoms with Gasteiger partial charge in [-0.25, -0.2) is 0 Å². The molecule has 0 bridgehead atoms. The molecule has 0 saturated carbocycles. The van der Waals surface area contributed by atoms with Crippen LogP contribution in [0.1, 0.15) is 0 Å². The first-order chi connectivity index (χ1) is 3.72. The van der Waals surface area contributed by atoms with Crippen molar-refractivity contribution in [2.24, 2.45) is 7.05 Å². The summed E-state index contributed by atoms with van der Waals surface area (Å²) in [6, 6.07) is 0. The monoisotopic (exact) mass is 242 g/mol. The van der Waals surface area contributed by atoms with Crippen LogP contribution < -0.4 is 0 Å². The molecule has 0 fully saturated rings. The number of nitrogens with zero attached hydrogens (tertiary/aromatic N) is 2. The second-order valence-electron chi connectivity index (χ2n) is 1.41. The fourth-order valence-corrected chi connectivity index (χ4v) is 0.962. The van der Waals surface area contributed by atoms with E-state index >= 15 is 0 Å². The molecule has 0 aliphatic carbocycles. The van der Waals surface area contributed by atoms with Gasteiger partial charge in [0.1, 0.15) is 5.15 Å². The van der Waals surface area contributed by atoms with Crippen LogP contribution in [0.4, 0.5) is 0 Å². The molecular formula is C4H4ClIN2. The van der Waals surface area contributed by atoms with Crippen molar-refractivity contribution in [1.82, 2.24) is 9.78 Å². The molecule has 44 valence electrons. The summed E-state index contributed by atoms with van der Waals surface area (Å²) < 4.78 is 2.62. The van der Waals surface area contributed by atoms with Crippen molar-refractivity contribution in [3.05, 3.63) is 14.9 Å². The maximum Gasteiger partial charge on any atom is 0.140 e. The van der Waals surface area contributed by atoms with E-state index in [1.807, 2.05) is 7.05 Å². The molecule has 0 saturated heterocycles. The van der Waals surface area contributed by atoms with Crippen molar-refractivity contribution in [2.75, 3.05) is 0 Å². The third-order valence-electron chi connectivity index (χ3n) is 0.825. The summed E-state index contributed by atoms with van der Waals surface area (Å²) in [7, 11) is 1.81. The van der Waals surface area contributed by atoms with Gasteiger partial charge in [0.25, 0.3) is 0 Å². The zero-order valence-corrected chi connectivity index (χ0v) is 7.14. The van der Waals surface area contributed by atoms with Crippen molar-refractivity contribution in [3.63, 3.8) is 0 Å². The van der Waals surface area contributed by atoms with Gasteiger partial charge < -0.3 is 0 Å². The highest BCUT2D eigenvalue weighted by Crippen LogP contribution is 2.14. The summed E-state index contributed by atoms with van der Waals surface area (Å²) in [5.74, 6) is 0. The van der Waals surface area contributed by atoms with Gasteiger partial charge in [-0.05, 0) is 22.6 Å². The maximum absolute atomic E-state index is 5.69. The second-order valence-corrected chi connectivity index (χ2v) is 2.93. The lowest BCUT2D eigenvalue weighted by Gasteiger charge is -1.86. The van der Waals surface area contributed by atoms with Crippen LogP contribution in [0.5, 0.6) is 0 Å². The number of rotatable bonds is 0. The predicted molar refractivity (Wildman–Crippen MR) is 40.9 cm³/mol. The highest BCUT2D eigenvalue weighted by Gasteiger charge is 1.98. The van der Waals surface area contributed by atoms with Gasteiger partial charge in [-0.1, -0.05) is 11.6 Å². The van der Waals surface area contributed by atoms with Gasteiger partial charge in [0.15, 0.2) is 0 Å². The Morgan fingerprint density at radius 3 is 2.62 bits per heavy atom. The van der Waals surface area contributed by atoms with Gasteiger partial charge >= 0.3 is 0 Å². The topological polar surface area (TPSA) is 17.8 Å². The Bertz CT molecular complexity index is 176. The quantitative estimate of drug-likeness (QED) is 0.633. The van der Waals surface area contributed by atoms with Crippen LogP contribution in [0, 0.1) is 3.57 Å². The summed E-state index contributed by atoms with van der Waals surface area (Å²) in [5, 5.41) is 4.59. The number of hydrogen-bond donors (Lipinski definition) is 0. The molecule has 0 aliphatic rings. The van der Waals surface area contributed by atoms with E-state index in [0.717, 1.165) is 3.57 Å². The summed E-state index contributed by atoms with van der Waals surface area (Å²) in [6.07, 6.45) is 1.73.